The lowest BCUT2D eigenvalue weighted by Gasteiger charge is -2.38. The van der Waals surface area contributed by atoms with Gasteiger partial charge in [0.1, 0.15) is 4.93 Å². The first-order chi connectivity index (χ1) is 8.86. The Labute approximate surface area is 118 Å². The predicted octanol–water partition coefficient (Wildman–Crippen LogP) is 3.31. The molecule has 1 saturated carbocycles. The van der Waals surface area contributed by atoms with Gasteiger partial charge in [-0.05, 0) is 19.3 Å². The van der Waals surface area contributed by atoms with E-state index >= 15 is 0 Å². The quantitative estimate of drug-likeness (QED) is 0.578. The zero-order chi connectivity index (χ0) is 14.1. The molecule has 1 heterocycles. The molecule has 0 N–H and O–H groups in total. The van der Waals surface area contributed by atoms with Crippen LogP contribution in [0, 0.1) is 5.92 Å². The fourth-order valence-corrected chi connectivity index (χ4v) is 4.43. The van der Waals surface area contributed by atoms with Crippen LogP contribution in [0.25, 0.3) is 0 Å². The summed E-state index contributed by atoms with van der Waals surface area (Å²) in [6.07, 6.45) is -2.71. The fraction of sp³-hybridized carbons (Fsp3) is 0.909. The number of halogens is 4. The summed E-state index contributed by atoms with van der Waals surface area (Å²) in [5.74, 6) is -1.24. The molecule has 0 amide bonds. The van der Waals surface area contributed by atoms with Crippen LogP contribution in [0.2, 0.25) is 0 Å². The molecule has 110 valence electrons. The maximum absolute atomic E-state index is 12.2. The molecule has 0 aromatic heterocycles. The van der Waals surface area contributed by atoms with Crippen molar-refractivity contribution in [3.05, 3.63) is 0 Å². The van der Waals surface area contributed by atoms with Gasteiger partial charge in [-0.25, -0.2) is 0 Å². The molecule has 2 rings (SSSR count). The van der Waals surface area contributed by atoms with Crippen LogP contribution in [0.3, 0.4) is 0 Å². The highest BCUT2D eigenvalue weighted by atomic mass is 35.5. The minimum absolute atomic E-state index is 0.217. The van der Waals surface area contributed by atoms with Crippen LogP contribution in [0.15, 0.2) is 0 Å². The summed E-state index contributed by atoms with van der Waals surface area (Å²) in [4.78, 5) is 10.8. The molecule has 0 aromatic carbocycles. The van der Waals surface area contributed by atoms with Gasteiger partial charge in [0.15, 0.2) is 0 Å². The Kier molecular flexibility index (Phi) is 4.57. The highest BCUT2D eigenvalue weighted by Crippen LogP contribution is 2.51. The van der Waals surface area contributed by atoms with E-state index in [4.69, 9.17) is 16.3 Å². The Hall–Kier alpha value is -0.140. The van der Waals surface area contributed by atoms with Crippen LogP contribution in [-0.2, 0) is 14.3 Å². The van der Waals surface area contributed by atoms with Gasteiger partial charge < -0.3 is 9.47 Å². The summed E-state index contributed by atoms with van der Waals surface area (Å²) < 4.78 is 45.8. The van der Waals surface area contributed by atoms with E-state index in [0.717, 1.165) is 6.42 Å². The summed E-state index contributed by atoms with van der Waals surface area (Å²) in [6, 6.07) is 0. The number of carbonyl (C=O) groups is 1. The van der Waals surface area contributed by atoms with Crippen molar-refractivity contribution in [3.63, 3.8) is 0 Å². The van der Waals surface area contributed by atoms with Crippen molar-refractivity contribution >= 4 is 29.3 Å². The first-order valence-corrected chi connectivity index (χ1v) is 7.55. The summed E-state index contributed by atoms with van der Waals surface area (Å²) in [6.45, 7) is 0. The van der Waals surface area contributed by atoms with Crippen LogP contribution < -0.4 is 0 Å². The van der Waals surface area contributed by atoms with Gasteiger partial charge in [-0.1, -0.05) is 6.42 Å². The number of alkyl halides is 4. The molecule has 3 unspecified atom stereocenters. The number of carbonyl (C=O) groups excluding carboxylic acids is 1. The van der Waals surface area contributed by atoms with Crippen molar-refractivity contribution in [2.24, 2.45) is 5.92 Å². The van der Waals surface area contributed by atoms with E-state index in [0.29, 0.717) is 25.0 Å². The number of ether oxygens (including phenoxy) is 2. The van der Waals surface area contributed by atoms with Crippen LogP contribution in [0.5, 0.6) is 0 Å². The number of rotatable bonds is 2. The van der Waals surface area contributed by atoms with Crippen LogP contribution >= 0.6 is 23.4 Å². The Morgan fingerprint density at radius 2 is 2.21 bits per heavy atom. The van der Waals surface area contributed by atoms with E-state index < -0.39 is 23.2 Å². The van der Waals surface area contributed by atoms with Crippen molar-refractivity contribution < 1.29 is 27.4 Å². The number of hydrogen-bond acceptors (Lipinski definition) is 4. The molecule has 0 bridgehead atoms. The van der Waals surface area contributed by atoms with Crippen LogP contribution in [0.1, 0.15) is 25.7 Å². The topological polar surface area (TPSA) is 35.5 Å². The van der Waals surface area contributed by atoms with Crippen LogP contribution in [0.4, 0.5) is 13.2 Å². The summed E-state index contributed by atoms with van der Waals surface area (Å²) in [5.41, 5.74) is 0. The molecule has 1 aliphatic heterocycles. The second kappa shape index (κ2) is 5.69. The standard InChI is InChI=1S/C11H14ClF3O3S/c12-5-7-6-19-10(17-7)4-2-1-3-8(10)9(16)18-11(13,14)15/h7-8H,1-6H2. The molecule has 3 atom stereocenters. The van der Waals surface area contributed by atoms with Gasteiger partial charge in [-0.2, -0.15) is 0 Å². The van der Waals surface area contributed by atoms with E-state index in [1.165, 1.54) is 11.8 Å². The first kappa shape index (κ1) is 15.3. The zero-order valence-electron chi connectivity index (χ0n) is 10.0. The van der Waals surface area contributed by atoms with Gasteiger partial charge in [-0.3, -0.25) is 4.79 Å². The average Bonchev–Trinajstić information content (AvgIpc) is 2.71. The molecule has 2 fully saturated rings. The van der Waals surface area contributed by atoms with E-state index in [9.17, 15) is 18.0 Å². The molecule has 2 aliphatic rings. The summed E-state index contributed by atoms with van der Waals surface area (Å²) in [5, 5.41) is 0. The molecular weight excluding hydrogens is 305 g/mol. The Balaban J connectivity index is 2.10. The third-order valence-electron chi connectivity index (χ3n) is 3.35. The smallest absolute Gasteiger partial charge is 0.373 e. The lowest BCUT2D eigenvalue weighted by atomic mass is 9.85. The van der Waals surface area contributed by atoms with E-state index in [1.54, 1.807) is 0 Å². The van der Waals surface area contributed by atoms with Crippen molar-refractivity contribution in [1.29, 1.82) is 0 Å². The molecule has 0 aromatic rings. The van der Waals surface area contributed by atoms with Gasteiger partial charge in [0.2, 0.25) is 0 Å². The van der Waals surface area contributed by atoms with Gasteiger partial charge >= 0.3 is 12.3 Å². The SMILES string of the molecule is O=C(OC(F)(F)F)C1CCCCC12OC(CCl)CS2. The molecule has 1 aliphatic carbocycles. The van der Waals surface area contributed by atoms with Crippen molar-refractivity contribution in [2.45, 2.75) is 43.1 Å². The van der Waals surface area contributed by atoms with Gasteiger partial charge in [-0.15, -0.1) is 36.5 Å². The lowest BCUT2D eigenvalue weighted by Crippen LogP contribution is -2.45. The van der Waals surface area contributed by atoms with Crippen molar-refractivity contribution in [1.82, 2.24) is 0 Å². The van der Waals surface area contributed by atoms with Crippen LogP contribution in [-0.4, -0.2) is 35.0 Å². The fourth-order valence-electron chi connectivity index (χ4n) is 2.57. The van der Waals surface area contributed by atoms with E-state index in [-0.39, 0.29) is 12.0 Å². The molecule has 3 nitrogen and oxygen atoms in total. The maximum atomic E-state index is 12.2. The van der Waals surface area contributed by atoms with E-state index in [2.05, 4.69) is 4.74 Å². The van der Waals surface area contributed by atoms with E-state index in [1.807, 2.05) is 0 Å². The molecule has 19 heavy (non-hydrogen) atoms. The first-order valence-electron chi connectivity index (χ1n) is 6.03. The lowest BCUT2D eigenvalue weighted by molar-refractivity contribution is -0.310. The third kappa shape index (κ3) is 3.49. The minimum Gasteiger partial charge on any atom is -0.373 e. The largest absolute Gasteiger partial charge is 0.575 e. The normalized spacial score (nSPS) is 35.6. The van der Waals surface area contributed by atoms with Gasteiger partial charge in [0.25, 0.3) is 0 Å². The Bertz CT molecular complexity index is 353. The molecule has 1 spiro atoms. The number of thioether (sulfide) groups is 1. The Morgan fingerprint density at radius 1 is 1.47 bits per heavy atom. The average molecular weight is 319 g/mol. The summed E-state index contributed by atoms with van der Waals surface area (Å²) in [7, 11) is 0. The summed E-state index contributed by atoms with van der Waals surface area (Å²) >= 11 is 7.10. The number of hydrogen-bond donors (Lipinski definition) is 0. The molecule has 8 heteroatoms. The Morgan fingerprint density at radius 3 is 2.79 bits per heavy atom. The third-order valence-corrected chi connectivity index (χ3v) is 5.31. The van der Waals surface area contributed by atoms with Crippen molar-refractivity contribution in [2.75, 3.05) is 11.6 Å². The number of esters is 1. The maximum Gasteiger partial charge on any atom is 0.575 e. The van der Waals surface area contributed by atoms with Crippen molar-refractivity contribution in [3.8, 4) is 0 Å². The predicted molar refractivity (Wildman–Crippen MR) is 64.9 cm³/mol. The van der Waals surface area contributed by atoms with Gasteiger partial charge in [0, 0.05) is 11.6 Å². The highest BCUT2D eigenvalue weighted by molar-refractivity contribution is 8.00. The van der Waals surface area contributed by atoms with Gasteiger partial charge in [0.05, 0.1) is 12.0 Å². The second-order valence-electron chi connectivity index (χ2n) is 4.68. The highest BCUT2D eigenvalue weighted by Gasteiger charge is 2.53. The minimum atomic E-state index is -4.94. The second-order valence-corrected chi connectivity index (χ2v) is 6.30. The molecule has 0 radical (unpaired) electrons. The molecule has 1 saturated heterocycles. The monoisotopic (exact) mass is 318 g/mol. The zero-order valence-corrected chi connectivity index (χ0v) is 11.6. The molecular formula is C11H14ClF3O3S.